The molecular weight excluding hydrogens is 928 g/mol. The number of ether oxygens (including phenoxy) is 2. The molecule has 1 spiro atoms. The average molecular weight is 1000 g/mol. The molecule has 376 valence electrons. The van der Waals surface area contributed by atoms with Gasteiger partial charge in [-0.05, 0) is 139 Å². The Kier molecular flexibility index (Phi) is 13.3. The predicted molar refractivity (Wildman–Crippen MR) is 283 cm³/mol. The fourth-order valence-corrected chi connectivity index (χ4v) is 15.5. The molecule has 5 aromatic rings. The Labute approximate surface area is 431 Å². The van der Waals surface area contributed by atoms with Crippen molar-refractivity contribution < 1.29 is 14.3 Å². The molecule has 2 saturated carbocycles. The summed E-state index contributed by atoms with van der Waals surface area (Å²) in [5, 5.41) is 9.97. The molecular formula is C58H72Cl2N8O3. The van der Waals surface area contributed by atoms with Gasteiger partial charge >= 0.3 is 0 Å². The van der Waals surface area contributed by atoms with Crippen LogP contribution in [0.5, 0.6) is 11.5 Å². The summed E-state index contributed by atoms with van der Waals surface area (Å²) in [6, 6.07) is 34.2. The molecule has 2 aliphatic carbocycles. The highest BCUT2D eigenvalue weighted by atomic mass is 35.5. The minimum Gasteiger partial charge on any atom is -0.457 e. The van der Waals surface area contributed by atoms with E-state index < -0.39 is 10.8 Å². The maximum atomic E-state index is 17.5. The Morgan fingerprint density at radius 3 is 2.30 bits per heavy atom. The Balaban J connectivity index is 1.02. The lowest BCUT2D eigenvalue weighted by molar-refractivity contribution is -0.155. The van der Waals surface area contributed by atoms with Crippen molar-refractivity contribution in [1.29, 1.82) is 0 Å². The third kappa shape index (κ3) is 8.30. The second-order valence-corrected chi connectivity index (χ2v) is 23.2. The van der Waals surface area contributed by atoms with Crippen molar-refractivity contribution in [2.24, 2.45) is 23.8 Å². The molecule has 5 heterocycles. The zero-order valence-electron chi connectivity index (χ0n) is 42.7. The highest BCUT2D eigenvalue weighted by Crippen LogP contribution is 2.64. The fourth-order valence-electron chi connectivity index (χ4n) is 15.2. The molecule has 13 atom stereocenters. The van der Waals surface area contributed by atoms with E-state index in [0.29, 0.717) is 36.0 Å². The number of likely N-dealkylation sites (N-methyl/N-ethyl adjacent to an activating group) is 2. The minimum absolute atomic E-state index is 0.0356. The van der Waals surface area contributed by atoms with Crippen LogP contribution in [0.3, 0.4) is 0 Å². The van der Waals surface area contributed by atoms with Crippen LogP contribution in [0.15, 0.2) is 103 Å². The van der Waals surface area contributed by atoms with Gasteiger partial charge in [0.1, 0.15) is 17.3 Å². The van der Waals surface area contributed by atoms with Gasteiger partial charge < -0.3 is 29.6 Å². The van der Waals surface area contributed by atoms with E-state index in [4.69, 9.17) is 37.7 Å². The molecule has 4 aromatic carbocycles. The number of methoxy groups -OCH3 is 1. The van der Waals surface area contributed by atoms with Crippen molar-refractivity contribution in [3.63, 3.8) is 0 Å². The largest absolute Gasteiger partial charge is 0.457 e. The van der Waals surface area contributed by atoms with Crippen LogP contribution >= 0.6 is 23.2 Å². The van der Waals surface area contributed by atoms with E-state index in [1.807, 2.05) is 49.7 Å². The smallest absolute Gasteiger partial charge is 0.153 e. The summed E-state index contributed by atoms with van der Waals surface area (Å²) in [6.45, 7) is 6.60. The Bertz CT molecular complexity index is 2720. The third-order valence-corrected chi connectivity index (χ3v) is 18.8. The molecule has 6 aliphatic rings. The van der Waals surface area contributed by atoms with Crippen molar-refractivity contribution in [2.45, 2.75) is 126 Å². The maximum absolute atomic E-state index is 17.5. The quantitative estimate of drug-likeness (QED) is 0.113. The zero-order valence-corrected chi connectivity index (χ0v) is 44.2. The number of benzene rings is 4. The van der Waals surface area contributed by atoms with Crippen LogP contribution < -0.4 is 15.4 Å². The van der Waals surface area contributed by atoms with Gasteiger partial charge in [0.05, 0.1) is 35.9 Å². The van der Waals surface area contributed by atoms with E-state index in [9.17, 15) is 0 Å². The molecule has 4 aliphatic heterocycles. The summed E-state index contributed by atoms with van der Waals surface area (Å²) >= 11 is 13.3. The second kappa shape index (κ2) is 19.3. The van der Waals surface area contributed by atoms with Gasteiger partial charge in [0, 0.05) is 102 Å². The number of carbonyl (C=O) groups is 1. The molecule has 11 nitrogen and oxygen atoms in total. The molecule has 0 amide bonds. The number of halogens is 2. The van der Waals surface area contributed by atoms with E-state index in [0.717, 1.165) is 84.2 Å². The Morgan fingerprint density at radius 1 is 0.845 bits per heavy atom. The van der Waals surface area contributed by atoms with Crippen molar-refractivity contribution >= 4 is 29.0 Å². The van der Waals surface area contributed by atoms with Gasteiger partial charge in [0.15, 0.2) is 5.78 Å². The number of hydrogen-bond acceptors (Lipinski definition) is 10. The van der Waals surface area contributed by atoms with E-state index in [1.165, 1.54) is 11.1 Å². The molecule has 0 radical (unpaired) electrons. The number of likely N-dealkylation sites (tertiary alicyclic amines) is 2. The molecule has 7 unspecified atom stereocenters. The van der Waals surface area contributed by atoms with E-state index in [-0.39, 0.29) is 54.3 Å². The number of aromatic nitrogens is 2. The molecule has 13 heteroatoms. The first-order valence-electron chi connectivity index (χ1n) is 26.0. The number of piperidine rings is 1. The van der Waals surface area contributed by atoms with Gasteiger partial charge in [-0.3, -0.25) is 19.5 Å². The maximum Gasteiger partial charge on any atom is 0.153 e. The standard InChI is InChI=1S/C58H72Cl2N8O3/c1-9-57-51-27-40(25-36-13-11-10-12-14-36)54(57)67(7)47-30-45(47)62-50-29-43(26-37-15-20-41(59)21-16-37)65(5)55-46(34-70-8)63-53(58(50,55)56(57)69)35(2)68(51)32-39-17-22-42(60)28-49(39)71-44-23-18-38(19-24-44)48-31-61-52(66(48)6)33-64(3)4/h10-24,28,31,35,40,43,45-47,50-51,53-55,62-63H,9,25-27,29-30,32-34H2,1-8H3/t35-,40+,43-,45+,46+,47-,50?,51?,53?,54?,55?,57?,58?/m0/s1. The number of rotatable bonds is 14. The molecule has 2 N–H and O–H groups in total. The van der Waals surface area contributed by atoms with Crippen molar-refractivity contribution in [3.05, 3.63) is 136 Å². The topological polar surface area (TPSA) is 90.4 Å². The first-order chi connectivity index (χ1) is 34.3. The lowest BCUT2D eigenvalue weighted by atomic mass is 9.54. The number of nitrogens with zero attached hydrogens (tertiary/aromatic N) is 6. The summed E-state index contributed by atoms with van der Waals surface area (Å²) in [6.07, 6.45) is 7.37. The summed E-state index contributed by atoms with van der Waals surface area (Å²) in [7, 11) is 12.6. The first-order valence-corrected chi connectivity index (χ1v) is 26.8. The van der Waals surface area contributed by atoms with Crippen molar-refractivity contribution in [1.82, 2.24) is 39.8 Å². The van der Waals surface area contributed by atoms with Gasteiger partial charge in [-0.25, -0.2) is 4.98 Å². The Hall–Kier alpha value is -4.14. The minimum atomic E-state index is -0.753. The number of ketones is 1. The molecule has 71 heavy (non-hydrogen) atoms. The summed E-state index contributed by atoms with van der Waals surface area (Å²) in [4.78, 5) is 32.4. The zero-order chi connectivity index (χ0) is 49.5. The van der Waals surface area contributed by atoms with Gasteiger partial charge in [-0.15, -0.1) is 0 Å². The van der Waals surface area contributed by atoms with Crippen LogP contribution in [0.1, 0.15) is 62.0 Å². The number of carbonyl (C=O) groups excluding carboxylic acids is 1. The van der Waals surface area contributed by atoms with Crippen LogP contribution in [-0.4, -0.2) is 137 Å². The van der Waals surface area contributed by atoms with Gasteiger partial charge in [-0.1, -0.05) is 78.7 Å². The normalized spacial score (nSPS) is 33.6. The van der Waals surface area contributed by atoms with Gasteiger partial charge in [0.2, 0.25) is 0 Å². The highest BCUT2D eigenvalue weighted by Gasteiger charge is 2.78. The second-order valence-electron chi connectivity index (χ2n) is 22.3. The fraction of sp³-hybridized carbons (Fsp3) is 0.517. The number of Topliss-reactive ketones (excluding diaryl/α,β-unsaturated/α-hetero) is 1. The van der Waals surface area contributed by atoms with Crippen molar-refractivity contribution in [3.8, 4) is 22.8 Å². The lowest BCUT2D eigenvalue weighted by Gasteiger charge is -2.57. The van der Waals surface area contributed by atoms with Crippen LogP contribution in [-0.2, 0) is 42.5 Å². The molecule has 6 fully saturated rings. The van der Waals surface area contributed by atoms with Crippen LogP contribution in [0, 0.1) is 16.7 Å². The monoisotopic (exact) mass is 999 g/mol. The molecule has 11 rings (SSSR count). The van der Waals surface area contributed by atoms with E-state index >= 15 is 4.79 Å². The molecule has 2 bridgehead atoms. The average Bonchev–Trinajstić information content (AvgIpc) is 3.76. The van der Waals surface area contributed by atoms with Gasteiger partial charge in [0.25, 0.3) is 0 Å². The SMILES string of the molecule is CCC12C(=O)C34C5C[C@H](Cc6ccc(Cl)cc6)N(C)C3[C@@H](COC)NC4[C@H](C)N(Cc3ccc(Cl)cc3Oc3ccc(-c4cnc(CN(C)C)n4C)cc3)C1C[C@@H](Cc1ccccc1)C2N(C)[C@H]1C[C@H]1N5. The number of hydrogen-bond donors (Lipinski definition) is 2. The summed E-state index contributed by atoms with van der Waals surface area (Å²) in [5.41, 5.74) is 4.33. The first kappa shape index (κ1) is 49.1. The Morgan fingerprint density at radius 2 is 1.58 bits per heavy atom. The number of imidazole rings is 1. The van der Waals surface area contributed by atoms with Crippen molar-refractivity contribution in [2.75, 3.05) is 41.9 Å². The van der Waals surface area contributed by atoms with Crippen LogP contribution in [0.2, 0.25) is 10.0 Å². The van der Waals surface area contributed by atoms with Crippen LogP contribution in [0.25, 0.3) is 11.3 Å². The van der Waals surface area contributed by atoms with E-state index in [1.54, 1.807) is 0 Å². The van der Waals surface area contributed by atoms with E-state index in [2.05, 4.69) is 145 Å². The lowest BCUT2D eigenvalue weighted by Crippen LogP contribution is -2.74. The predicted octanol–water partition coefficient (Wildman–Crippen LogP) is 8.75. The number of fused-ring (bicyclic) bond motifs is 1. The molecule has 4 saturated heterocycles. The number of nitrogens with one attached hydrogen (secondary N) is 2. The third-order valence-electron chi connectivity index (χ3n) is 18.3. The highest BCUT2D eigenvalue weighted by molar-refractivity contribution is 6.31. The summed E-state index contributed by atoms with van der Waals surface area (Å²) in [5.74, 6) is 3.18. The van der Waals surface area contributed by atoms with Crippen LogP contribution in [0.4, 0.5) is 0 Å². The summed E-state index contributed by atoms with van der Waals surface area (Å²) < 4.78 is 15.2. The van der Waals surface area contributed by atoms with Gasteiger partial charge in [-0.2, -0.15) is 0 Å². The molecule has 1 aromatic heterocycles.